The number of halogens is 1. The van der Waals surface area contributed by atoms with Crippen LogP contribution in [-0.4, -0.2) is 35.3 Å². The maximum Gasteiger partial charge on any atom is 0.255 e. The lowest BCUT2D eigenvalue weighted by Crippen LogP contribution is -2.30. The third-order valence-electron chi connectivity index (χ3n) is 5.97. The lowest BCUT2D eigenvalue weighted by atomic mass is 9.93. The number of carbonyl (C=O) groups is 1. The first-order valence-electron chi connectivity index (χ1n) is 10.4. The molecular formula is C26H23ClN2O2. The quantitative estimate of drug-likeness (QED) is 0.380. The highest BCUT2D eigenvalue weighted by molar-refractivity contribution is 6.17. The highest BCUT2D eigenvalue weighted by Gasteiger charge is 2.39. The number of hydrogen-bond acceptors (Lipinski definition) is 2. The summed E-state index contributed by atoms with van der Waals surface area (Å²) in [4.78, 5) is 18.9. The van der Waals surface area contributed by atoms with Gasteiger partial charge in [0.25, 0.3) is 5.91 Å². The molecule has 31 heavy (non-hydrogen) atoms. The largest absolute Gasteiger partial charge is 0.497 e. The van der Waals surface area contributed by atoms with Crippen molar-refractivity contribution in [2.24, 2.45) is 0 Å². The van der Waals surface area contributed by atoms with E-state index in [0.717, 1.165) is 51.0 Å². The predicted octanol–water partition coefficient (Wildman–Crippen LogP) is 6.02. The first kappa shape index (κ1) is 19.7. The third kappa shape index (κ3) is 3.28. The van der Waals surface area contributed by atoms with Gasteiger partial charge in [-0.15, -0.1) is 11.6 Å². The number of hydrogen-bond donors (Lipinski definition) is 1. The molecular weight excluding hydrogens is 408 g/mol. The van der Waals surface area contributed by atoms with Crippen LogP contribution in [0.3, 0.4) is 0 Å². The van der Waals surface area contributed by atoms with Gasteiger partial charge in [-0.1, -0.05) is 48.5 Å². The normalized spacial score (nSPS) is 15.5. The molecule has 0 aliphatic carbocycles. The minimum absolute atomic E-state index is 0.0626. The fourth-order valence-electron chi connectivity index (χ4n) is 4.60. The van der Waals surface area contributed by atoms with E-state index in [1.54, 1.807) is 7.11 Å². The van der Waals surface area contributed by atoms with Crippen molar-refractivity contribution in [1.82, 2.24) is 9.88 Å². The molecule has 0 radical (unpaired) electrons. The summed E-state index contributed by atoms with van der Waals surface area (Å²) in [6.07, 6.45) is 0.745. The summed E-state index contributed by atoms with van der Waals surface area (Å²) in [7, 11) is 1.67. The topological polar surface area (TPSA) is 45.3 Å². The molecule has 1 amide bonds. The summed E-state index contributed by atoms with van der Waals surface area (Å²) in [5.74, 6) is 1.38. The fourth-order valence-corrected chi connectivity index (χ4v) is 4.72. The van der Waals surface area contributed by atoms with Crippen LogP contribution in [0.15, 0.2) is 72.8 Å². The Morgan fingerprint density at radius 1 is 1.03 bits per heavy atom. The molecule has 0 spiro atoms. The number of fused-ring (bicyclic) bond motifs is 2. The number of H-pyrrole nitrogens is 1. The molecule has 0 fully saturated rings. The number of methoxy groups -OCH3 is 1. The minimum Gasteiger partial charge on any atom is -0.497 e. The molecule has 1 atom stereocenters. The van der Waals surface area contributed by atoms with E-state index in [-0.39, 0.29) is 11.9 Å². The van der Waals surface area contributed by atoms with E-state index in [1.165, 1.54) is 0 Å². The molecule has 156 valence electrons. The van der Waals surface area contributed by atoms with Gasteiger partial charge in [0, 0.05) is 40.0 Å². The van der Waals surface area contributed by atoms with E-state index in [4.69, 9.17) is 16.3 Å². The smallest absolute Gasteiger partial charge is 0.255 e. The maximum atomic E-state index is 13.3. The third-order valence-corrected chi connectivity index (χ3v) is 6.24. The molecule has 1 N–H and O–H groups in total. The first-order valence-corrected chi connectivity index (χ1v) is 11.0. The molecule has 1 aromatic heterocycles. The summed E-state index contributed by atoms with van der Waals surface area (Å²) in [6, 6.07) is 24.0. The number of aromatic nitrogens is 1. The number of alkyl halides is 1. The van der Waals surface area contributed by atoms with Crippen molar-refractivity contribution >= 4 is 28.4 Å². The number of para-hydroxylation sites is 1. The minimum atomic E-state index is -0.177. The summed E-state index contributed by atoms with van der Waals surface area (Å²) < 4.78 is 5.47. The van der Waals surface area contributed by atoms with Crippen molar-refractivity contribution in [2.45, 2.75) is 12.5 Å². The summed E-state index contributed by atoms with van der Waals surface area (Å²) in [5.41, 5.74) is 5.99. The SMILES string of the molecule is COc1cccc(-c2[nH]c3ccccc3c2[C@@H]2c3ccccc3C(=O)N2CCCCl)c1. The second kappa shape index (κ2) is 8.12. The molecule has 1 aliphatic heterocycles. The highest BCUT2D eigenvalue weighted by atomic mass is 35.5. The monoisotopic (exact) mass is 430 g/mol. The van der Waals surface area contributed by atoms with Crippen LogP contribution in [0.4, 0.5) is 0 Å². The Balaban J connectivity index is 1.77. The molecule has 5 heteroatoms. The van der Waals surface area contributed by atoms with Crippen molar-refractivity contribution < 1.29 is 9.53 Å². The zero-order valence-electron chi connectivity index (χ0n) is 17.3. The summed E-state index contributed by atoms with van der Waals surface area (Å²) >= 11 is 6.01. The van der Waals surface area contributed by atoms with Gasteiger partial charge in [-0.3, -0.25) is 4.79 Å². The van der Waals surface area contributed by atoms with Crippen molar-refractivity contribution in [3.8, 4) is 17.0 Å². The summed E-state index contributed by atoms with van der Waals surface area (Å²) in [6.45, 7) is 0.610. The number of benzene rings is 3. The molecule has 4 aromatic rings. The second-order valence-corrected chi connectivity index (χ2v) is 8.10. The first-order chi connectivity index (χ1) is 15.2. The Kier molecular flexibility index (Phi) is 5.16. The number of carbonyl (C=O) groups excluding carboxylic acids is 1. The van der Waals surface area contributed by atoms with Crippen LogP contribution in [0.1, 0.15) is 33.9 Å². The van der Waals surface area contributed by atoms with Crippen LogP contribution in [0, 0.1) is 0 Å². The number of nitrogens with one attached hydrogen (secondary N) is 1. The Bertz CT molecular complexity index is 1260. The zero-order valence-corrected chi connectivity index (χ0v) is 18.0. The number of nitrogens with zero attached hydrogens (tertiary/aromatic N) is 1. The van der Waals surface area contributed by atoms with Gasteiger partial charge in [-0.25, -0.2) is 0 Å². The molecule has 1 aliphatic rings. The van der Waals surface area contributed by atoms with Gasteiger partial charge in [0.1, 0.15) is 5.75 Å². The van der Waals surface area contributed by atoms with E-state index in [1.807, 2.05) is 53.4 Å². The average Bonchev–Trinajstić information content (AvgIpc) is 3.33. The standard InChI is InChI=1S/C26H23ClN2O2/c1-31-18-9-6-8-17(16-18)24-23(21-12-4-5-13-22(21)28-24)25-19-10-2-3-11-20(19)26(30)29(25)15-7-14-27/h2-6,8-13,16,25,28H,7,14-15H2,1H3/t25-/m0/s1. The molecule has 0 saturated heterocycles. The Hall–Kier alpha value is -3.24. The zero-order chi connectivity index (χ0) is 21.4. The Morgan fingerprint density at radius 3 is 2.68 bits per heavy atom. The van der Waals surface area contributed by atoms with E-state index < -0.39 is 0 Å². The lowest BCUT2D eigenvalue weighted by molar-refractivity contribution is 0.0751. The average molecular weight is 431 g/mol. The number of ether oxygens (including phenoxy) is 1. The van der Waals surface area contributed by atoms with Crippen LogP contribution in [0.2, 0.25) is 0 Å². The van der Waals surface area contributed by atoms with Gasteiger partial charge in [-0.2, -0.15) is 0 Å². The van der Waals surface area contributed by atoms with Crippen molar-refractivity contribution in [3.05, 3.63) is 89.5 Å². The number of rotatable bonds is 6. The number of aromatic amines is 1. The maximum absolute atomic E-state index is 13.3. The molecule has 0 unspecified atom stereocenters. The van der Waals surface area contributed by atoms with Gasteiger partial charge in [-0.05, 0) is 36.2 Å². The molecule has 3 aromatic carbocycles. The van der Waals surface area contributed by atoms with E-state index >= 15 is 0 Å². The van der Waals surface area contributed by atoms with Gasteiger partial charge in [0.2, 0.25) is 0 Å². The van der Waals surface area contributed by atoms with Gasteiger partial charge in [0.05, 0.1) is 18.8 Å². The molecule has 2 heterocycles. The van der Waals surface area contributed by atoms with Crippen molar-refractivity contribution in [3.63, 3.8) is 0 Å². The predicted molar refractivity (Wildman–Crippen MR) is 125 cm³/mol. The summed E-state index contributed by atoms with van der Waals surface area (Å²) in [5, 5.41) is 1.12. The highest BCUT2D eigenvalue weighted by Crippen LogP contribution is 2.45. The van der Waals surface area contributed by atoms with E-state index in [9.17, 15) is 4.79 Å². The Labute approximate surface area is 186 Å². The van der Waals surface area contributed by atoms with E-state index in [0.29, 0.717) is 12.4 Å². The van der Waals surface area contributed by atoms with Crippen LogP contribution in [0.25, 0.3) is 22.2 Å². The Morgan fingerprint density at radius 2 is 1.84 bits per heavy atom. The second-order valence-electron chi connectivity index (χ2n) is 7.72. The van der Waals surface area contributed by atoms with Crippen LogP contribution < -0.4 is 4.74 Å². The number of amides is 1. The van der Waals surface area contributed by atoms with Gasteiger partial charge >= 0.3 is 0 Å². The van der Waals surface area contributed by atoms with Crippen molar-refractivity contribution in [1.29, 1.82) is 0 Å². The van der Waals surface area contributed by atoms with E-state index in [2.05, 4.69) is 29.2 Å². The van der Waals surface area contributed by atoms with Crippen LogP contribution in [-0.2, 0) is 0 Å². The molecule has 0 saturated carbocycles. The van der Waals surface area contributed by atoms with Crippen LogP contribution in [0.5, 0.6) is 5.75 Å². The molecule has 5 rings (SSSR count). The lowest BCUT2D eigenvalue weighted by Gasteiger charge is -2.26. The van der Waals surface area contributed by atoms with Crippen molar-refractivity contribution in [2.75, 3.05) is 19.5 Å². The van der Waals surface area contributed by atoms with Gasteiger partial charge < -0.3 is 14.6 Å². The van der Waals surface area contributed by atoms with Gasteiger partial charge in [0.15, 0.2) is 0 Å². The molecule has 4 nitrogen and oxygen atoms in total. The molecule has 0 bridgehead atoms. The van der Waals surface area contributed by atoms with Crippen LogP contribution >= 0.6 is 11.6 Å². The fraction of sp³-hybridized carbons (Fsp3) is 0.192.